The molecule has 0 unspecified atom stereocenters. The third-order valence-electron chi connectivity index (χ3n) is 2.38. The molecule has 0 bridgehead atoms. The Morgan fingerprint density at radius 2 is 2.25 bits per heavy atom. The molecule has 1 aliphatic rings. The van der Waals surface area contributed by atoms with Crippen LogP contribution in [0.4, 0.5) is 0 Å². The van der Waals surface area contributed by atoms with Gasteiger partial charge in [-0.1, -0.05) is 19.4 Å². The summed E-state index contributed by atoms with van der Waals surface area (Å²) in [5.41, 5.74) is 2.52. The van der Waals surface area contributed by atoms with Crippen molar-refractivity contribution < 1.29 is 4.42 Å². The van der Waals surface area contributed by atoms with Gasteiger partial charge in [0.1, 0.15) is 11.5 Å². The highest BCUT2D eigenvalue weighted by Crippen LogP contribution is 2.26. The predicted octanol–water partition coefficient (Wildman–Crippen LogP) is 2.66. The Morgan fingerprint density at radius 1 is 1.42 bits per heavy atom. The minimum Gasteiger partial charge on any atom is -0.448 e. The maximum Gasteiger partial charge on any atom is 0.181 e. The number of hydrogen-bond donors (Lipinski definition) is 0. The maximum atomic E-state index is 5.23. The molecule has 2 rings (SSSR count). The lowest BCUT2D eigenvalue weighted by Crippen LogP contribution is -2.02. The van der Waals surface area contributed by atoms with E-state index in [1.54, 1.807) is 0 Å². The second-order valence-electron chi connectivity index (χ2n) is 3.53. The summed E-state index contributed by atoms with van der Waals surface area (Å²) in [6.45, 7) is 4.44. The van der Waals surface area contributed by atoms with Gasteiger partial charge in [0, 0.05) is 6.42 Å². The van der Waals surface area contributed by atoms with Gasteiger partial charge in [0.05, 0.1) is 0 Å². The lowest BCUT2D eigenvalue weighted by Gasteiger charge is -2.14. The number of fused-ring (bicyclic) bond motifs is 1. The zero-order chi connectivity index (χ0) is 8.55. The molecule has 12 heavy (non-hydrogen) atoms. The van der Waals surface area contributed by atoms with E-state index in [0.29, 0.717) is 5.92 Å². The van der Waals surface area contributed by atoms with E-state index in [1.165, 1.54) is 12.0 Å². The molecule has 0 aromatic carbocycles. The fourth-order valence-corrected chi connectivity index (χ4v) is 1.54. The van der Waals surface area contributed by atoms with Crippen molar-refractivity contribution in [3.8, 4) is 0 Å². The monoisotopic (exact) mass is 163 g/mol. The Labute approximate surface area is 72.3 Å². The molecule has 0 saturated carbocycles. The number of oxazole rings is 1. The molecule has 0 saturated heterocycles. The van der Waals surface area contributed by atoms with Crippen LogP contribution in [0, 0.1) is 5.92 Å². The predicted molar refractivity (Wildman–Crippen MR) is 47.6 cm³/mol. The summed E-state index contributed by atoms with van der Waals surface area (Å²) in [7, 11) is 0. The van der Waals surface area contributed by atoms with E-state index in [2.05, 4.69) is 24.9 Å². The summed E-state index contributed by atoms with van der Waals surface area (Å²) < 4.78 is 5.23. The molecule has 0 aliphatic heterocycles. The molecule has 0 amide bonds. The fraction of sp³-hybridized carbons (Fsp3) is 0.500. The molecule has 0 N–H and O–H groups in total. The molecule has 0 spiro atoms. The fourth-order valence-electron chi connectivity index (χ4n) is 1.54. The Morgan fingerprint density at radius 3 is 3.00 bits per heavy atom. The first-order valence-electron chi connectivity index (χ1n) is 4.40. The molecule has 2 heteroatoms. The summed E-state index contributed by atoms with van der Waals surface area (Å²) in [6.07, 6.45) is 5.83. The second-order valence-corrected chi connectivity index (χ2v) is 3.53. The molecule has 0 radical (unpaired) electrons. The van der Waals surface area contributed by atoms with Gasteiger partial charge in [0.15, 0.2) is 6.39 Å². The van der Waals surface area contributed by atoms with E-state index in [9.17, 15) is 0 Å². The van der Waals surface area contributed by atoms with E-state index < -0.39 is 0 Å². The van der Waals surface area contributed by atoms with Crippen LogP contribution >= 0.6 is 0 Å². The molecule has 1 aliphatic carbocycles. The average molecular weight is 163 g/mol. The highest BCUT2D eigenvalue weighted by Gasteiger charge is 2.15. The first-order valence-corrected chi connectivity index (χ1v) is 4.40. The number of aryl methyl sites for hydroxylation is 1. The van der Waals surface area contributed by atoms with Crippen LogP contribution in [0.2, 0.25) is 0 Å². The van der Waals surface area contributed by atoms with Crippen LogP contribution in [0.3, 0.4) is 0 Å². The maximum absolute atomic E-state index is 5.23. The van der Waals surface area contributed by atoms with Crippen LogP contribution in [0.25, 0.3) is 6.08 Å². The normalized spacial score (nSPS) is 16.1. The van der Waals surface area contributed by atoms with Crippen LogP contribution in [0.15, 0.2) is 16.4 Å². The lowest BCUT2D eigenvalue weighted by atomic mass is 9.92. The van der Waals surface area contributed by atoms with Crippen LogP contribution in [0.5, 0.6) is 0 Å². The van der Waals surface area contributed by atoms with E-state index in [4.69, 9.17) is 4.42 Å². The molecule has 0 atom stereocenters. The molecule has 1 aromatic rings. The minimum absolute atomic E-state index is 0.634. The van der Waals surface area contributed by atoms with Gasteiger partial charge >= 0.3 is 0 Å². The SMILES string of the molecule is CC(C)C1=Cc2ncoc2CC1. The van der Waals surface area contributed by atoms with Gasteiger partial charge in [-0.3, -0.25) is 0 Å². The minimum atomic E-state index is 0.634. The molecule has 64 valence electrons. The van der Waals surface area contributed by atoms with E-state index in [0.717, 1.165) is 24.3 Å². The highest BCUT2D eigenvalue weighted by atomic mass is 16.3. The number of allylic oxidation sites excluding steroid dienone is 1. The van der Waals surface area contributed by atoms with Gasteiger partial charge in [-0.15, -0.1) is 0 Å². The van der Waals surface area contributed by atoms with E-state index in [1.807, 2.05) is 0 Å². The third kappa shape index (κ3) is 1.17. The van der Waals surface area contributed by atoms with Crippen molar-refractivity contribution in [3.05, 3.63) is 23.4 Å². The zero-order valence-electron chi connectivity index (χ0n) is 7.50. The summed E-state index contributed by atoms with van der Waals surface area (Å²) in [4.78, 5) is 4.15. The number of aromatic nitrogens is 1. The second kappa shape index (κ2) is 2.77. The van der Waals surface area contributed by atoms with Crippen LogP contribution in [0.1, 0.15) is 31.7 Å². The number of rotatable bonds is 1. The van der Waals surface area contributed by atoms with Crippen molar-refractivity contribution in [2.45, 2.75) is 26.7 Å². The van der Waals surface area contributed by atoms with Crippen LogP contribution in [-0.4, -0.2) is 4.98 Å². The summed E-state index contributed by atoms with van der Waals surface area (Å²) >= 11 is 0. The Hall–Kier alpha value is -1.05. The molecule has 0 fully saturated rings. The zero-order valence-corrected chi connectivity index (χ0v) is 7.50. The summed E-state index contributed by atoms with van der Waals surface area (Å²) in [5, 5.41) is 0. The van der Waals surface area contributed by atoms with Crippen molar-refractivity contribution in [1.82, 2.24) is 4.98 Å². The van der Waals surface area contributed by atoms with Crippen molar-refractivity contribution in [2.24, 2.45) is 5.92 Å². The van der Waals surface area contributed by atoms with Crippen LogP contribution in [-0.2, 0) is 6.42 Å². The lowest BCUT2D eigenvalue weighted by molar-refractivity contribution is 0.496. The van der Waals surface area contributed by atoms with E-state index >= 15 is 0 Å². The Bertz CT molecular complexity index is 309. The molecule has 2 nitrogen and oxygen atoms in total. The topological polar surface area (TPSA) is 26.0 Å². The first kappa shape index (κ1) is 7.59. The van der Waals surface area contributed by atoms with Crippen molar-refractivity contribution in [1.29, 1.82) is 0 Å². The van der Waals surface area contributed by atoms with Gasteiger partial charge in [0.25, 0.3) is 0 Å². The standard InChI is InChI=1S/C10H13NO/c1-7(2)8-3-4-10-9(5-8)11-6-12-10/h5-7H,3-4H2,1-2H3. The molecular weight excluding hydrogens is 150 g/mol. The smallest absolute Gasteiger partial charge is 0.181 e. The molecular formula is C10H13NO. The van der Waals surface area contributed by atoms with Gasteiger partial charge in [0.2, 0.25) is 0 Å². The highest BCUT2D eigenvalue weighted by molar-refractivity contribution is 5.53. The van der Waals surface area contributed by atoms with Gasteiger partial charge < -0.3 is 4.42 Å². The Kier molecular flexibility index (Phi) is 1.75. The largest absolute Gasteiger partial charge is 0.448 e. The summed E-state index contributed by atoms with van der Waals surface area (Å²) in [5.74, 6) is 1.68. The van der Waals surface area contributed by atoms with Crippen molar-refractivity contribution in [2.75, 3.05) is 0 Å². The van der Waals surface area contributed by atoms with Crippen LogP contribution < -0.4 is 0 Å². The van der Waals surface area contributed by atoms with Crippen molar-refractivity contribution in [3.63, 3.8) is 0 Å². The molecule has 1 aromatic heterocycles. The quantitative estimate of drug-likeness (QED) is 0.636. The number of nitrogens with zero attached hydrogens (tertiary/aromatic N) is 1. The van der Waals surface area contributed by atoms with Gasteiger partial charge in [-0.05, 0) is 18.4 Å². The van der Waals surface area contributed by atoms with Gasteiger partial charge in [-0.2, -0.15) is 0 Å². The summed E-state index contributed by atoms with van der Waals surface area (Å²) in [6, 6.07) is 0. The third-order valence-corrected chi connectivity index (χ3v) is 2.38. The number of hydrogen-bond acceptors (Lipinski definition) is 2. The first-order chi connectivity index (χ1) is 5.77. The molecule has 1 heterocycles. The van der Waals surface area contributed by atoms with Crippen molar-refractivity contribution >= 4 is 6.08 Å². The Balaban J connectivity index is 2.35. The average Bonchev–Trinajstić information content (AvgIpc) is 2.49. The van der Waals surface area contributed by atoms with E-state index in [-0.39, 0.29) is 0 Å². The van der Waals surface area contributed by atoms with Gasteiger partial charge in [-0.25, -0.2) is 4.98 Å².